The first-order valence-corrected chi connectivity index (χ1v) is 7.62. The van der Waals surface area contributed by atoms with Crippen LogP contribution in [0, 0.1) is 18.3 Å². The molecule has 0 aromatic carbocycles. The van der Waals surface area contributed by atoms with E-state index in [1.165, 1.54) is 11.8 Å². The van der Waals surface area contributed by atoms with Gasteiger partial charge in [0.1, 0.15) is 5.82 Å². The minimum Gasteiger partial charge on any atom is -0.344 e. The van der Waals surface area contributed by atoms with E-state index in [1.54, 1.807) is 11.9 Å². The number of aromatic nitrogens is 3. The monoisotopic (exact) mass is 293 g/mol. The quantitative estimate of drug-likeness (QED) is 0.747. The van der Waals surface area contributed by atoms with E-state index >= 15 is 0 Å². The molecule has 1 saturated carbocycles. The zero-order chi connectivity index (χ0) is 14.7. The van der Waals surface area contributed by atoms with Crippen molar-refractivity contribution in [3.8, 4) is 6.07 Å². The van der Waals surface area contributed by atoms with E-state index in [-0.39, 0.29) is 11.2 Å². The predicted molar refractivity (Wildman–Crippen MR) is 76.2 cm³/mol. The van der Waals surface area contributed by atoms with Crippen molar-refractivity contribution in [2.45, 2.75) is 49.6 Å². The molecular formula is C13H19N5OS. The maximum Gasteiger partial charge on any atom is 0.235 e. The standard InChI is InChI=1S/C13H19N5OS/c1-9(12(19)17(3)8-4-7-14)20-13-16-15-10(2)18(13)11-5-6-11/h9,11H,4-6,8H2,1-3H3/t9-/m1/s1. The summed E-state index contributed by atoms with van der Waals surface area (Å²) in [6.07, 6.45) is 2.69. The van der Waals surface area contributed by atoms with Crippen LogP contribution < -0.4 is 0 Å². The molecule has 0 bridgehead atoms. The molecule has 108 valence electrons. The molecule has 1 heterocycles. The van der Waals surface area contributed by atoms with Crippen molar-refractivity contribution in [1.82, 2.24) is 19.7 Å². The number of nitriles is 1. The Balaban J connectivity index is 1.99. The Morgan fingerprint density at radius 1 is 1.60 bits per heavy atom. The molecule has 6 nitrogen and oxygen atoms in total. The maximum atomic E-state index is 12.2. The molecule has 1 aromatic rings. The van der Waals surface area contributed by atoms with Crippen LogP contribution in [-0.4, -0.2) is 44.4 Å². The first kappa shape index (κ1) is 14.9. The molecule has 0 aliphatic heterocycles. The number of carbonyl (C=O) groups is 1. The van der Waals surface area contributed by atoms with Gasteiger partial charge in [0.05, 0.1) is 17.7 Å². The summed E-state index contributed by atoms with van der Waals surface area (Å²) >= 11 is 1.44. The van der Waals surface area contributed by atoms with Gasteiger partial charge in [-0.3, -0.25) is 4.79 Å². The third-order valence-corrected chi connectivity index (χ3v) is 4.36. The number of hydrogen-bond acceptors (Lipinski definition) is 5. The van der Waals surface area contributed by atoms with Gasteiger partial charge in [-0.15, -0.1) is 10.2 Å². The summed E-state index contributed by atoms with van der Waals surface area (Å²) in [5.74, 6) is 0.931. The molecule has 1 amide bonds. The second-order valence-electron chi connectivity index (χ2n) is 5.06. The molecule has 0 radical (unpaired) electrons. The molecule has 1 aliphatic carbocycles. The number of aryl methyl sites for hydroxylation is 1. The third kappa shape index (κ3) is 3.31. The van der Waals surface area contributed by atoms with E-state index in [0.29, 0.717) is 19.0 Å². The summed E-state index contributed by atoms with van der Waals surface area (Å²) in [7, 11) is 1.73. The number of carbonyl (C=O) groups excluding carboxylic acids is 1. The Kier molecular flexibility index (Phi) is 4.65. The van der Waals surface area contributed by atoms with Gasteiger partial charge in [-0.25, -0.2) is 0 Å². The fourth-order valence-corrected chi connectivity index (χ4v) is 3.11. The van der Waals surface area contributed by atoms with E-state index in [2.05, 4.69) is 20.8 Å². The Hall–Kier alpha value is -1.55. The zero-order valence-electron chi connectivity index (χ0n) is 12.0. The van der Waals surface area contributed by atoms with E-state index in [1.807, 2.05) is 13.8 Å². The second-order valence-corrected chi connectivity index (χ2v) is 6.37. The minimum atomic E-state index is -0.222. The van der Waals surface area contributed by atoms with E-state index < -0.39 is 0 Å². The second kappa shape index (κ2) is 6.27. The van der Waals surface area contributed by atoms with Crippen molar-refractivity contribution in [2.75, 3.05) is 13.6 Å². The summed E-state index contributed by atoms with van der Waals surface area (Å²) in [5.41, 5.74) is 0. The first-order chi connectivity index (χ1) is 9.54. The highest BCUT2D eigenvalue weighted by Gasteiger charge is 2.30. The topological polar surface area (TPSA) is 74.8 Å². The van der Waals surface area contributed by atoms with Crippen LogP contribution >= 0.6 is 11.8 Å². The van der Waals surface area contributed by atoms with Crippen LogP contribution in [0.15, 0.2) is 5.16 Å². The summed E-state index contributed by atoms with van der Waals surface area (Å²) in [5, 5.41) is 17.4. The molecule has 1 fully saturated rings. The zero-order valence-corrected chi connectivity index (χ0v) is 12.9. The largest absolute Gasteiger partial charge is 0.344 e. The Morgan fingerprint density at radius 2 is 2.30 bits per heavy atom. The van der Waals surface area contributed by atoms with Gasteiger partial charge in [-0.2, -0.15) is 5.26 Å². The van der Waals surface area contributed by atoms with Crippen molar-refractivity contribution in [3.05, 3.63) is 5.82 Å². The lowest BCUT2D eigenvalue weighted by molar-refractivity contribution is -0.128. The highest BCUT2D eigenvalue weighted by atomic mass is 32.2. The van der Waals surface area contributed by atoms with Gasteiger partial charge >= 0.3 is 0 Å². The van der Waals surface area contributed by atoms with Gasteiger partial charge in [-0.1, -0.05) is 11.8 Å². The molecule has 7 heteroatoms. The van der Waals surface area contributed by atoms with E-state index in [0.717, 1.165) is 23.8 Å². The van der Waals surface area contributed by atoms with Crippen LogP contribution in [0.1, 0.15) is 38.1 Å². The average molecular weight is 293 g/mol. The summed E-state index contributed by atoms with van der Waals surface area (Å²) in [6.45, 7) is 4.28. The number of thioether (sulfide) groups is 1. The summed E-state index contributed by atoms with van der Waals surface area (Å²) in [6, 6.07) is 2.56. The molecule has 1 aromatic heterocycles. The Labute approximate surface area is 123 Å². The van der Waals surface area contributed by atoms with Gasteiger partial charge in [0.2, 0.25) is 5.91 Å². The van der Waals surface area contributed by atoms with Crippen molar-refractivity contribution in [2.24, 2.45) is 0 Å². The number of rotatable bonds is 6. The summed E-state index contributed by atoms with van der Waals surface area (Å²) in [4.78, 5) is 13.8. The Bertz CT molecular complexity index is 531. The fraction of sp³-hybridized carbons (Fsp3) is 0.692. The van der Waals surface area contributed by atoms with E-state index in [4.69, 9.17) is 5.26 Å². The summed E-state index contributed by atoms with van der Waals surface area (Å²) < 4.78 is 2.13. The molecule has 0 N–H and O–H groups in total. The van der Waals surface area contributed by atoms with Crippen molar-refractivity contribution in [1.29, 1.82) is 5.26 Å². The third-order valence-electron chi connectivity index (χ3n) is 3.31. The molecular weight excluding hydrogens is 274 g/mol. The predicted octanol–water partition coefficient (Wildman–Crippen LogP) is 1.77. The molecule has 2 rings (SSSR count). The highest BCUT2D eigenvalue weighted by molar-refractivity contribution is 8.00. The van der Waals surface area contributed by atoms with Gasteiger partial charge in [0.15, 0.2) is 5.16 Å². The van der Waals surface area contributed by atoms with E-state index in [9.17, 15) is 4.79 Å². The van der Waals surface area contributed by atoms with Crippen LogP contribution in [0.5, 0.6) is 0 Å². The van der Waals surface area contributed by atoms with Crippen LogP contribution in [0.3, 0.4) is 0 Å². The van der Waals surface area contributed by atoms with Gasteiger partial charge in [0.25, 0.3) is 0 Å². The minimum absolute atomic E-state index is 0.0215. The number of amides is 1. The van der Waals surface area contributed by atoms with Crippen LogP contribution in [0.2, 0.25) is 0 Å². The van der Waals surface area contributed by atoms with Crippen LogP contribution in [0.25, 0.3) is 0 Å². The SMILES string of the molecule is Cc1nnc(S[C@H](C)C(=O)N(C)CCC#N)n1C1CC1. The van der Waals surface area contributed by atoms with Crippen molar-refractivity contribution < 1.29 is 4.79 Å². The number of hydrogen-bond donors (Lipinski definition) is 0. The molecule has 20 heavy (non-hydrogen) atoms. The van der Waals surface area contributed by atoms with Gasteiger partial charge in [-0.05, 0) is 26.7 Å². The van der Waals surface area contributed by atoms with Gasteiger partial charge in [0, 0.05) is 19.6 Å². The van der Waals surface area contributed by atoms with Crippen LogP contribution in [-0.2, 0) is 4.79 Å². The normalized spacial score (nSPS) is 15.7. The number of nitrogens with zero attached hydrogens (tertiary/aromatic N) is 5. The van der Waals surface area contributed by atoms with Crippen molar-refractivity contribution in [3.63, 3.8) is 0 Å². The fourth-order valence-electron chi connectivity index (χ4n) is 2.03. The lowest BCUT2D eigenvalue weighted by Crippen LogP contribution is -2.34. The molecule has 1 aliphatic rings. The molecule has 0 spiro atoms. The highest BCUT2D eigenvalue weighted by Crippen LogP contribution is 2.39. The smallest absolute Gasteiger partial charge is 0.235 e. The van der Waals surface area contributed by atoms with Gasteiger partial charge < -0.3 is 9.47 Å². The average Bonchev–Trinajstić information content (AvgIpc) is 3.20. The molecule has 1 atom stereocenters. The lowest BCUT2D eigenvalue weighted by atomic mass is 10.3. The van der Waals surface area contributed by atoms with Crippen molar-refractivity contribution >= 4 is 17.7 Å². The first-order valence-electron chi connectivity index (χ1n) is 6.74. The molecule has 0 unspecified atom stereocenters. The molecule has 0 saturated heterocycles. The van der Waals surface area contributed by atoms with Crippen LogP contribution in [0.4, 0.5) is 0 Å². The maximum absolute atomic E-state index is 12.2. The Morgan fingerprint density at radius 3 is 2.90 bits per heavy atom. The lowest BCUT2D eigenvalue weighted by Gasteiger charge is -2.19.